The van der Waals surface area contributed by atoms with Gasteiger partial charge in [0.25, 0.3) is 0 Å². The highest BCUT2D eigenvalue weighted by Crippen LogP contribution is 2.35. The van der Waals surface area contributed by atoms with E-state index in [1.807, 2.05) is 33.9 Å². The van der Waals surface area contributed by atoms with Crippen molar-refractivity contribution in [2.75, 3.05) is 0 Å². The summed E-state index contributed by atoms with van der Waals surface area (Å²) in [6.45, 7) is 12.3. The first kappa shape index (κ1) is 13.2. The zero-order valence-corrected chi connectivity index (χ0v) is 10.5. The minimum absolute atomic E-state index is 0.730. The molecule has 0 bridgehead atoms. The molecular weight excluding hydrogens is 172 g/mol. The number of nitrogens with zero attached hydrogens (tertiary/aromatic N) is 2. The molecule has 1 saturated carbocycles. The highest BCUT2D eigenvalue weighted by Gasteiger charge is 2.25. The predicted molar refractivity (Wildman–Crippen MR) is 62.7 cm³/mol. The Morgan fingerprint density at radius 1 is 1.14 bits per heavy atom. The van der Waals surface area contributed by atoms with Gasteiger partial charge >= 0.3 is 0 Å². The molecule has 1 fully saturated rings. The van der Waals surface area contributed by atoms with E-state index in [-0.39, 0.29) is 0 Å². The van der Waals surface area contributed by atoms with E-state index in [9.17, 15) is 0 Å². The van der Waals surface area contributed by atoms with Gasteiger partial charge in [0.15, 0.2) is 0 Å². The molecule has 14 heavy (non-hydrogen) atoms. The van der Waals surface area contributed by atoms with Gasteiger partial charge in [0, 0.05) is 5.69 Å². The molecule has 0 saturated heterocycles. The molecule has 0 aromatic carbocycles. The van der Waals surface area contributed by atoms with Gasteiger partial charge in [0.2, 0.25) is 0 Å². The molecule has 0 radical (unpaired) electrons. The summed E-state index contributed by atoms with van der Waals surface area (Å²) < 4.78 is 2.15. The van der Waals surface area contributed by atoms with E-state index < -0.39 is 0 Å². The fourth-order valence-electron chi connectivity index (χ4n) is 1.20. The predicted octanol–water partition coefficient (Wildman–Crippen LogP) is 3.89. The zero-order valence-electron chi connectivity index (χ0n) is 10.5. The van der Waals surface area contributed by atoms with Crippen LogP contribution < -0.4 is 0 Å². The van der Waals surface area contributed by atoms with E-state index in [1.54, 1.807) is 0 Å². The van der Waals surface area contributed by atoms with Crippen molar-refractivity contribution in [2.24, 2.45) is 0 Å². The molecule has 0 spiro atoms. The van der Waals surface area contributed by atoms with Crippen molar-refractivity contribution < 1.29 is 0 Å². The molecule has 1 aromatic rings. The second-order valence-corrected chi connectivity index (χ2v) is 3.09. The Morgan fingerprint density at radius 2 is 1.64 bits per heavy atom. The summed E-state index contributed by atoms with van der Waals surface area (Å²) in [5.41, 5.74) is 2.65. The largest absolute Gasteiger partial charge is 0.267 e. The Kier molecular flexibility index (Phi) is 6.26. The van der Waals surface area contributed by atoms with Gasteiger partial charge in [-0.2, -0.15) is 5.10 Å². The minimum atomic E-state index is 0.730. The zero-order chi connectivity index (χ0) is 11.1. The Morgan fingerprint density at radius 3 is 1.93 bits per heavy atom. The summed E-state index contributed by atoms with van der Waals surface area (Å²) in [7, 11) is 0. The van der Waals surface area contributed by atoms with Crippen LogP contribution in [0.2, 0.25) is 0 Å². The van der Waals surface area contributed by atoms with Crippen LogP contribution in [0.3, 0.4) is 0 Å². The van der Waals surface area contributed by atoms with Crippen LogP contribution in [-0.4, -0.2) is 9.78 Å². The number of hydrogen-bond acceptors (Lipinski definition) is 1. The van der Waals surface area contributed by atoms with Crippen LogP contribution in [-0.2, 0) is 0 Å². The van der Waals surface area contributed by atoms with Gasteiger partial charge in [0.05, 0.1) is 12.2 Å². The molecule has 2 heteroatoms. The van der Waals surface area contributed by atoms with Crippen molar-refractivity contribution in [1.29, 1.82) is 0 Å². The second kappa shape index (κ2) is 6.63. The second-order valence-electron chi connectivity index (χ2n) is 3.09. The molecule has 2 rings (SSSR count). The number of aromatic nitrogens is 2. The van der Waals surface area contributed by atoms with Crippen molar-refractivity contribution in [3.05, 3.63) is 17.5 Å². The number of rotatable bonds is 1. The van der Waals surface area contributed by atoms with Crippen LogP contribution in [0.4, 0.5) is 0 Å². The summed E-state index contributed by atoms with van der Waals surface area (Å²) in [6, 6.07) is 0.730. The van der Waals surface area contributed by atoms with E-state index in [0.717, 1.165) is 6.04 Å². The van der Waals surface area contributed by atoms with E-state index in [1.165, 1.54) is 24.1 Å². The van der Waals surface area contributed by atoms with Gasteiger partial charge in [-0.05, 0) is 32.3 Å². The van der Waals surface area contributed by atoms with Crippen LogP contribution in [0.15, 0.2) is 6.20 Å². The van der Waals surface area contributed by atoms with Gasteiger partial charge in [-0.25, -0.2) is 0 Å². The molecule has 1 heterocycles. The molecular formula is C12H24N2. The minimum Gasteiger partial charge on any atom is -0.267 e. The summed E-state index contributed by atoms with van der Waals surface area (Å²) >= 11 is 0. The number of aryl methyl sites for hydroxylation is 1. The van der Waals surface area contributed by atoms with E-state index in [4.69, 9.17) is 0 Å². The molecule has 0 atom stereocenters. The summed E-state index contributed by atoms with van der Waals surface area (Å²) in [5, 5.41) is 4.29. The first-order valence-corrected chi connectivity index (χ1v) is 5.80. The van der Waals surface area contributed by atoms with Crippen LogP contribution in [0.5, 0.6) is 0 Å². The summed E-state index contributed by atoms with van der Waals surface area (Å²) in [5.74, 6) is 0. The quantitative estimate of drug-likeness (QED) is 0.666. The van der Waals surface area contributed by atoms with Crippen molar-refractivity contribution in [3.8, 4) is 0 Å². The van der Waals surface area contributed by atoms with Crippen LogP contribution in [0.1, 0.15) is 57.8 Å². The van der Waals surface area contributed by atoms with E-state index in [2.05, 4.69) is 23.6 Å². The van der Waals surface area contributed by atoms with Crippen LogP contribution in [0, 0.1) is 13.8 Å². The standard InChI is InChI=1S/C8H12N2.2C2H6/c1-6-5-9-10(7(6)2)8-3-4-8;2*1-2/h5,8H,3-4H2,1-2H3;2*1-2H3. The van der Waals surface area contributed by atoms with Gasteiger partial charge in [0.1, 0.15) is 0 Å². The highest BCUT2D eigenvalue weighted by atomic mass is 15.3. The average molecular weight is 196 g/mol. The SMILES string of the molecule is CC.CC.Cc1cnn(C2CC2)c1C. The summed E-state index contributed by atoms with van der Waals surface area (Å²) in [6.07, 6.45) is 4.59. The molecule has 82 valence electrons. The smallest absolute Gasteiger partial charge is 0.0524 e. The van der Waals surface area contributed by atoms with E-state index in [0.29, 0.717) is 0 Å². The highest BCUT2D eigenvalue weighted by molar-refractivity contribution is 5.14. The molecule has 1 aromatic heterocycles. The molecule has 0 N–H and O–H groups in total. The fourth-order valence-corrected chi connectivity index (χ4v) is 1.20. The third-order valence-electron chi connectivity index (χ3n) is 2.18. The lowest BCUT2D eigenvalue weighted by molar-refractivity contribution is 0.621. The molecule has 1 aliphatic carbocycles. The molecule has 0 aliphatic heterocycles. The summed E-state index contributed by atoms with van der Waals surface area (Å²) in [4.78, 5) is 0. The maximum atomic E-state index is 4.29. The first-order valence-electron chi connectivity index (χ1n) is 5.80. The number of hydrogen-bond donors (Lipinski definition) is 0. The molecule has 2 nitrogen and oxygen atoms in total. The van der Waals surface area contributed by atoms with Gasteiger partial charge in [-0.15, -0.1) is 0 Å². The monoisotopic (exact) mass is 196 g/mol. The lowest BCUT2D eigenvalue weighted by Gasteiger charge is -1.99. The maximum Gasteiger partial charge on any atom is 0.0524 e. The van der Waals surface area contributed by atoms with Gasteiger partial charge in [-0.3, -0.25) is 4.68 Å². The third-order valence-corrected chi connectivity index (χ3v) is 2.18. The van der Waals surface area contributed by atoms with Gasteiger partial charge in [-0.1, -0.05) is 27.7 Å². The first-order chi connectivity index (χ1) is 6.79. The van der Waals surface area contributed by atoms with E-state index >= 15 is 0 Å². The Hall–Kier alpha value is -0.790. The van der Waals surface area contributed by atoms with Gasteiger partial charge < -0.3 is 0 Å². The molecule has 1 aliphatic rings. The van der Waals surface area contributed by atoms with Crippen LogP contribution >= 0.6 is 0 Å². The molecule has 0 amide bonds. The lowest BCUT2D eigenvalue weighted by atomic mass is 10.3. The Balaban J connectivity index is 0.000000379. The average Bonchev–Trinajstić information content (AvgIpc) is 3.03. The topological polar surface area (TPSA) is 17.8 Å². The van der Waals surface area contributed by atoms with Crippen molar-refractivity contribution >= 4 is 0 Å². The van der Waals surface area contributed by atoms with Crippen LogP contribution in [0.25, 0.3) is 0 Å². The lowest BCUT2D eigenvalue weighted by Crippen LogP contribution is -1.98. The third kappa shape index (κ3) is 3.17. The molecule has 0 unspecified atom stereocenters. The Labute approximate surface area is 88.3 Å². The van der Waals surface area contributed by atoms with Crippen molar-refractivity contribution in [1.82, 2.24) is 9.78 Å². The van der Waals surface area contributed by atoms with Crippen molar-refractivity contribution in [3.63, 3.8) is 0 Å². The van der Waals surface area contributed by atoms with Crippen molar-refractivity contribution in [2.45, 2.75) is 60.4 Å². The Bertz CT molecular complexity index is 247. The maximum absolute atomic E-state index is 4.29. The fraction of sp³-hybridized carbons (Fsp3) is 0.750. The normalized spacial score (nSPS) is 13.6.